The number of nitrogens with zero attached hydrogens (tertiary/aromatic N) is 3. The van der Waals surface area contributed by atoms with Crippen LogP contribution in [-0.4, -0.2) is 55.3 Å². The molecule has 1 aromatic heterocycles. The van der Waals surface area contributed by atoms with Crippen LogP contribution in [0.1, 0.15) is 36.4 Å². The number of anilines is 1. The minimum absolute atomic E-state index is 0.0586. The zero-order chi connectivity index (χ0) is 19.5. The van der Waals surface area contributed by atoms with Crippen molar-refractivity contribution in [2.45, 2.75) is 31.7 Å². The van der Waals surface area contributed by atoms with Crippen molar-refractivity contribution >= 4 is 5.95 Å². The van der Waals surface area contributed by atoms with Gasteiger partial charge in [-0.3, -0.25) is 14.7 Å². The maximum atomic E-state index is 12.2. The Kier molecular flexibility index (Phi) is 5.52. The third kappa shape index (κ3) is 3.85. The molecule has 2 aliphatic rings. The first kappa shape index (κ1) is 18.8. The summed E-state index contributed by atoms with van der Waals surface area (Å²) in [5.41, 5.74) is 1.90. The van der Waals surface area contributed by atoms with Gasteiger partial charge in [-0.2, -0.15) is 0 Å². The van der Waals surface area contributed by atoms with Crippen molar-refractivity contribution in [3.8, 4) is 11.5 Å². The summed E-state index contributed by atoms with van der Waals surface area (Å²) in [5.74, 6) is 2.68. The molecule has 3 heterocycles. The van der Waals surface area contributed by atoms with Gasteiger partial charge in [-0.15, -0.1) is 0 Å². The maximum absolute atomic E-state index is 12.2. The molecule has 7 heteroatoms. The van der Waals surface area contributed by atoms with Crippen molar-refractivity contribution in [3.05, 3.63) is 45.9 Å². The number of hydrogen-bond acceptors (Lipinski definition) is 6. The number of benzene rings is 1. The number of nitrogens with one attached hydrogen (secondary N) is 1. The molecule has 0 spiro atoms. The quantitative estimate of drug-likeness (QED) is 0.825. The van der Waals surface area contributed by atoms with E-state index in [9.17, 15) is 4.79 Å². The van der Waals surface area contributed by atoms with E-state index in [0.29, 0.717) is 0 Å². The number of likely N-dealkylation sites (tertiary alicyclic amines) is 1. The molecule has 1 aromatic carbocycles. The van der Waals surface area contributed by atoms with Gasteiger partial charge in [0, 0.05) is 38.2 Å². The second-order valence-electron chi connectivity index (χ2n) is 7.55. The van der Waals surface area contributed by atoms with Crippen molar-refractivity contribution in [1.29, 1.82) is 0 Å². The van der Waals surface area contributed by atoms with Crippen LogP contribution in [0.15, 0.2) is 29.1 Å². The summed E-state index contributed by atoms with van der Waals surface area (Å²) in [6.07, 6.45) is 3.31. The van der Waals surface area contributed by atoms with Gasteiger partial charge in [0.25, 0.3) is 5.56 Å². The molecule has 1 N–H and O–H groups in total. The van der Waals surface area contributed by atoms with E-state index in [4.69, 9.17) is 14.5 Å². The van der Waals surface area contributed by atoms with E-state index in [1.807, 2.05) is 18.2 Å². The number of aromatic nitrogens is 2. The first-order valence-electron chi connectivity index (χ1n) is 9.96. The van der Waals surface area contributed by atoms with Crippen LogP contribution in [0.2, 0.25) is 0 Å². The fraction of sp³-hybridized carbons (Fsp3) is 0.524. The van der Waals surface area contributed by atoms with E-state index in [1.54, 1.807) is 20.3 Å². The highest BCUT2D eigenvalue weighted by Gasteiger charge is 2.28. The Morgan fingerprint density at radius 2 is 1.86 bits per heavy atom. The predicted octanol–water partition coefficient (Wildman–Crippen LogP) is 2.38. The lowest BCUT2D eigenvalue weighted by Gasteiger charge is -2.20. The van der Waals surface area contributed by atoms with Crippen LogP contribution >= 0.6 is 0 Å². The van der Waals surface area contributed by atoms with Gasteiger partial charge in [-0.25, -0.2) is 4.98 Å². The summed E-state index contributed by atoms with van der Waals surface area (Å²) in [6.45, 7) is 4.52. The van der Waals surface area contributed by atoms with E-state index in [2.05, 4.69) is 14.8 Å². The van der Waals surface area contributed by atoms with Crippen LogP contribution in [0.3, 0.4) is 0 Å². The molecular weight excluding hydrogens is 356 g/mol. The van der Waals surface area contributed by atoms with Crippen molar-refractivity contribution in [1.82, 2.24) is 14.9 Å². The van der Waals surface area contributed by atoms with Gasteiger partial charge in [0.2, 0.25) is 5.95 Å². The molecule has 2 fully saturated rings. The average molecular weight is 384 g/mol. The molecular formula is C21H28N4O3. The van der Waals surface area contributed by atoms with Gasteiger partial charge < -0.3 is 14.4 Å². The summed E-state index contributed by atoms with van der Waals surface area (Å²) in [7, 11) is 3.37. The van der Waals surface area contributed by atoms with E-state index < -0.39 is 0 Å². The van der Waals surface area contributed by atoms with Crippen LogP contribution in [-0.2, 0) is 6.54 Å². The molecule has 2 aliphatic heterocycles. The normalized spacial score (nSPS) is 19.9. The summed E-state index contributed by atoms with van der Waals surface area (Å²) < 4.78 is 11.1. The standard InChI is InChI=1S/C21H28N4O3/c1-27-18-6-5-7-19(28-2)16(18)14-24-11-8-15(13-24)17-12-20(26)23-21(22-17)25-9-3-4-10-25/h5-7,12,15H,3-4,8-11,13-14H2,1-2H3,(H,22,23,26)/t15-/m1/s1. The third-order valence-corrected chi connectivity index (χ3v) is 5.76. The minimum atomic E-state index is -0.0586. The zero-order valence-electron chi connectivity index (χ0n) is 16.6. The Labute approximate surface area is 165 Å². The molecule has 2 saturated heterocycles. The van der Waals surface area contributed by atoms with Gasteiger partial charge >= 0.3 is 0 Å². The fourth-order valence-electron chi connectivity index (χ4n) is 4.28. The Morgan fingerprint density at radius 1 is 1.14 bits per heavy atom. The van der Waals surface area contributed by atoms with Gasteiger partial charge in [-0.1, -0.05) is 6.07 Å². The summed E-state index contributed by atoms with van der Waals surface area (Å²) in [5, 5.41) is 0. The average Bonchev–Trinajstić information content (AvgIpc) is 3.40. The number of rotatable bonds is 6. The molecule has 7 nitrogen and oxygen atoms in total. The van der Waals surface area contributed by atoms with Gasteiger partial charge in [0.15, 0.2) is 0 Å². The molecule has 0 unspecified atom stereocenters. The Balaban J connectivity index is 1.50. The van der Waals surface area contributed by atoms with Gasteiger partial charge in [0.1, 0.15) is 11.5 Å². The lowest BCUT2D eigenvalue weighted by Crippen LogP contribution is -2.25. The molecule has 2 aromatic rings. The smallest absolute Gasteiger partial charge is 0.252 e. The van der Waals surface area contributed by atoms with Gasteiger partial charge in [0.05, 0.1) is 25.5 Å². The molecule has 0 saturated carbocycles. The molecule has 0 amide bonds. The van der Waals surface area contributed by atoms with Crippen molar-refractivity contribution in [2.24, 2.45) is 0 Å². The number of H-pyrrole nitrogens is 1. The zero-order valence-corrected chi connectivity index (χ0v) is 16.6. The van der Waals surface area contributed by atoms with Crippen LogP contribution in [0.4, 0.5) is 5.95 Å². The predicted molar refractivity (Wildman–Crippen MR) is 108 cm³/mol. The van der Waals surface area contributed by atoms with Crippen molar-refractivity contribution in [2.75, 3.05) is 45.3 Å². The summed E-state index contributed by atoms with van der Waals surface area (Å²) >= 11 is 0. The molecule has 4 rings (SSSR count). The Hall–Kier alpha value is -2.54. The molecule has 0 radical (unpaired) electrons. The number of aromatic amines is 1. The van der Waals surface area contributed by atoms with Crippen LogP contribution in [0.5, 0.6) is 11.5 Å². The Bertz CT molecular complexity index is 854. The van der Waals surface area contributed by atoms with Crippen molar-refractivity contribution < 1.29 is 9.47 Å². The molecule has 28 heavy (non-hydrogen) atoms. The minimum Gasteiger partial charge on any atom is -0.496 e. The highest BCUT2D eigenvalue weighted by molar-refractivity contribution is 5.44. The second-order valence-corrected chi connectivity index (χ2v) is 7.55. The van der Waals surface area contributed by atoms with Crippen LogP contribution in [0, 0.1) is 0 Å². The second kappa shape index (κ2) is 8.22. The SMILES string of the molecule is COc1cccc(OC)c1CN1CC[C@@H](c2cc(=O)[nH]c(N3CCCC3)n2)C1. The lowest BCUT2D eigenvalue weighted by atomic mass is 10.0. The van der Waals surface area contributed by atoms with E-state index in [1.165, 1.54) is 0 Å². The maximum Gasteiger partial charge on any atom is 0.252 e. The third-order valence-electron chi connectivity index (χ3n) is 5.76. The molecule has 0 aliphatic carbocycles. The number of methoxy groups -OCH3 is 2. The van der Waals surface area contributed by atoms with Crippen molar-refractivity contribution in [3.63, 3.8) is 0 Å². The first-order chi connectivity index (χ1) is 13.7. The van der Waals surface area contributed by atoms with E-state index in [0.717, 1.165) is 80.7 Å². The largest absolute Gasteiger partial charge is 0.496 e. The topological polar surface area (TPSA) is 70.7 Å². The molecule has 150 valence electrons. The van der Waals surface area contributed by atoms with Crippen LogP contribution in [0.25, 0.3) is 0 Å². The first-order valence-corrected chi connectivity index (χ1v) is 9.96. The fourth-order valence-corrected chi connectivity index (χ4v) is 4.28. The molecule has 1 atom stereocenters. The summed E-state index contributed by atoms with van der Waals surface area (Å²) in [4.78, 5) is 24.5. The highest BCUT2D eigenvalue weighted by Crippen LogP contribution is 2.33. The number of hydrogen-bond donors (Lipinski definition) is 1. The number of ether oxygens (including phenoxy) is 2. The highest BCUT2D eigenvalue weighted by atomic mass is 16.5. The lowest BCUT2D eigenvalue weighted by molar-refractivity contribution is 0.305. The van der Waals surface area contributed by atoms with E-state index >= 15 is 0 Å². The monoisotopic (exact) mass is 384 g/mol. The molecule has 0 bridgehead atoms. The van der Waals surface area contributed by atoms with Gasteiger partial charge in [-0.05, 0) is 37.9 Å². The van der Waals surface area contributed by atoms with Crippen LogP contribution < -0.4 is 19.9 Å². The summed E-state index contributed by atoms with van der Waals surface area (Å²) in [6, 6.07) is 7.53. The van der Waals surface area contributed by atoms with E-state index in [-0.39, 0.29) is 11.5 Å². The Morgan fingerprint density at radius 3 is 2.54 bits per heavy atom.